The van der Waals surface area contributed by atoms with E-state index in [9.17, 15) is 13.2 Å². The van der Waals surface area contributed by atoms with Crippen molar-refractivity contribution in [3.8, 4) is 0 Å². The van der Waals surface area contributed by atoms with E-state index in [0.717, 1.165) is 18.4 Å². The highest BCUT2D eigenvalue weighted by Crippen LogP contribution is 2.37. The van der Waals surface area contributed by atoms with Crippen LogP contribution in [0.2, 0.25) is 0 Å². The van der Waals surface area contributed by atoms with Gasteiger partial charge in [0, 0.05) is 18.9 Å². The molecule has 3 aliphatic rings. The number of hydrogen-bond acceptors (Lipinski definition) is 3. The molecule has 3 atom stereocenters. The van der Waals surface area contributed by atoms with E-state index in [1.807, 2.05) is 19.1 Å². The Kier molecular flexibility index (Phi) is 3.50. The normalized spacial score (nSPS) is 28.3. The molecule has 112 valence electrons. The second-order valence-corrected chi connectivity index (χ2v) is 7.91. The fraction of sp³-hybridized carbons (Fsp3) is 0.438. The smallest absolute Gasteiger partial charge is 0.243 e. The lowest BCUT2D eigenvalue weighted by atomic mass is 9.72. The predicted molar refractivity (Wildman–Crippen MR) is 80.3 cm³/mol. The highest BCUT2D eigenvalue weighted by molar-refractivity contribution is 7.89. The van der Waals surface area contributed by atoms with Gasteiger partial charge in [0.25, 0.3) is 0 Å². The summed E-state index contributed by atoms with van der Waals surface area (Å²) in [4.78, 5) is 12.6. The van der Waals surface area contributed by atoms with Gasteiger partial charge in [0.2, 0.25) is 10.0 Å². The molecule has 21 heavy (non-hydrogen) atoms. The van der Waals surface area contributed by atoms with Crippen LogP contribution in [0.15, 0.2) is 41.3 Å². The SMILES string of the molecule is Cc1ccc(S(=O)(=O)N(C)[C@H]2C(=O)C3C=CC2CC3)cc1. The molecule has 0 amide bonds. The first-order valence-electron chi connectivity index (χ1n) is 7.18. The number of likely N-dealkylation sites (N-methyl/N-ethyl adjacent to an activating group) is 1. The van der Waals surface area contributed by atoms with Gasteiger partial charge in [-0.15, -0.1) is 0 Å². The Balaban J connectivity index is 1.94. The van der Waals surface area contributed by atoms with E-state index in [1.54, 1.807) is 24.3 Å². The highest BCUT2D eigenvalue weighted by Gasteiger charge is 2.45. The summed E-state index contributed by atoms with van der Waals surface area (Å²) in [6.07, 6.45) is 5.65. The number of fused-ring (bicyclic) bond motifs is 2. The van der Waals surface area contributed by atoms with E-state index in [-0.39, 0.29) is 22.5 Å². The minimum absolute atomic E-state index is 0.00715. The lowest BCUT2D eigenvalue weighted by Gasteiger charge is -2.40. The summed E-state index contributed by atoms with van der Waals surface area (Å²) < 4.78 is 26.7. The minimum atomic E-state index is -3.63. The molecular weight excluding hydrogens is 286 g/mol. The third kappa shape index (κ3) is 2.34. The lowest BCUT2D eigenvalue weighted by Crippen LogP contribution is -2.52. The molecule has 1 aromatic carbocycles. The van der Waals surface area contributed by atoms with Gasteiger partial charge in [0.1, 0.15) is 0 Å². The molecule has 0 radical (unpaired) electrons. The third-order valence-corrected chi connectivity index (χ3v) is 6.41. The van der Waals surface area contributed by atoms with Crippen LogP contribution < -0.4 is 0 Å². The Bertz CT molecular complexity index is 691. The van der Waals surface area contributed by atoms with Gasteiger partial charge in [-0.05, 0) is 31.9 Å². The predicted octanol–water partition coefficient (Wildman–Crippen LogP) is 2.15. The average molecular weight is 305 g/mol. The standard InChI is InChI=1S/C16H19NO3S/c1-11-3-9-14(10-4-11)21(19,20)17(2)15-12-5-7-13(8-6-12)16(15)18/h3-5,7,9-10,12-13,15H,6,8H2,1-2H3/t12?,13?,15-/m1/s1. The molecule has 2 bridgehead atoms. The van der Waals surface area contributed by atoms with E-state index in [2.05, 4.69) is 0 Å². The number of nitrogens with zero attached hydrogens (tertiary/aromatic N) is 1. The van der Waals surface area contributed by atoms with Crippen LogP contribution in [0, 0.1) is 18.8 Å². The van der Waals surface area contributed by atoms with Gasteiger partial charge in [0.05, 0.1) is 10.9 Å². The van der Waals surface area contributed by atoms with Crippen molar-refractivity contribution < 1.29 is 13.2 Å². The number of Topliss-reactive ketones (excluding diaryl/α,β-unsaturated/α-hetero) is 1. The summed E-state index contributed by atoms with van der Waals surface area (Å²) in [7, 11) is -2.11. The summed E-state index contributed by atoms with van der Waals surface area (Å²) in [5, 5.41) is 0. The van der Waals surface area contributed by atoms with E-state index in [0.29, 0.717) is 0 Å². The fourth-order valence-electron chi connectivity index (χ4n) is 3.25. The van der Waals surface area contributed by atoms with Crippen molar-refractivity contribution in [2.45, 2.75) is 30.7 Å². The zero-order chi connectivity index (χ0) is 15.2. The number of benzene rings is 1. The molecule has 0 aromatic heterocycles. The Labute approximate surface area is 125 Å². The van der Waals surface area contributed by atoms with Crippen molar-refractivity contribution >= 4 is 15.8 Å². The molecule has 0 saturated heterocycles. The molecule has 0 N–H and O–H groups in total. The second-order valence-electron chi connectivity index (χ2n) is 5.91. The van der Waals surface area contributed by atoms with Crippen molar-refractivity contribution in [1.29, 1.82) is 0 Å². The Morgan fingerprint density at radius 1 is 1.10 bits per heavy atom. The summed E-state index contributed by atoms with van der Waals surface area (Å²) in [5.41, 5.74) is 1.01. The topological polar surface area (TPSA) is 54.5 Å². The average Bonchev–Trinajstić information content (AvgIpc) is 2.48. The quantitative estimate of drug-likeness (QED) is 0.804. The monoisotopic (exact) mass is 305 g/mol. The number of hydrogen-bond donors (Lipinski definition) is 0. The van der Waals surface area contributed by atoms with Gasteiger partial charge in [-0.2, -0.15) is 4.31 Å². The van der Waals surface area contributed by atoms with Gasteiger partial charge >= 0.3 is 0 Å². The van der Waals surface area contributed by atoms with Gasteiger partial charge < -0.3 is 0 Å². The summed E-state index contributed by atoms with van der Waals surface area (Å²) in [5.74, 6) is -0.0738. The lowest BCUT2D eigenvalue weighted by molar-refractivity contribution is -0.129. The van der Waals surface area contributed by atoms with Crippen LogP contribution in [0.5, 0.6) is 0 Å². The van der Waals surface area contributed by atoms with Crippen molar-refractivity contribution in [3.05, 3.63) is 42.0 Å². The molecule has 3 aliphatic carbocycles. The molecule has 2 unspecified atom stereocenters. The van der Waals surface area contributed by atoms with E-state index >= 15 is 0 Å². The van der Waals surface area contributed by atoms with Crippen LogP contribution in [0.25, 0.3) is 0 Å². The molecule has 4 nitrogen and oxygen atoms in total. The Hall–Kier alpha value is -1.46. The van der Waals surface area contributed by atoms with Crippen molar-refractivity contribution in [3.63, 3.8) is 0 Å². The van der Waals surface area contributed by atoms with Crippen LogP contribution in [0.4, 0.5) is 0 Å². The molecule has 0 heterocycles. The van der Waals surface area contributed by atoms with Crippen LogP contribution in [-0.4, -0.2) is 31.6 Å². The number of allylic oxidation sites excluding steroid dienone is 1. The molecule has 0 spiro atoms. The largest absolute Gasteiger partial charge is 0.297 e. The minimum Gasteiger partial charge on any atom is -0.297 e. The Morgan fingerprint density at radius 3 is 2.29 bits per heavy atom. The molecule has 5 heteroatoms. The van der Waals surface area contributed by atoms with Crippen LogP contribution in [0.3, 0.4) is 0 Å². The van der Waals surface area contributed by atoms with Crippen molar-refractivity contribution in [2.75, 3.05) is 7.05 Å². The fourth-order valence-corrected chi connectivity index (χ4v) is 4.62. The first-order valence-corrected chi connectivity index (χ1v) is 8.62. The number of carbonyl (C=O) groups excluding carboxylic acids is 1. The number of rotatable bonds is 3. The van der Waals surface area contributed by atoms with Crippen LogP contribution >= 0.6 is 0 Å². The van der Waals surface area contributed by atoms with E-state index in [4.69, 9.17) is 0 Å². The molecular formula is C16H19NO3S. The maximum atomic E-state index is 12.7. The van der Waals surface area contributed by atoms with Crippen LogP contribution in [0.1, 0.15) is 18.4 Å². The first kappa shape index (κ1) is 14.5. The molecule has 1 saturated carbocycles. The second kappa shape index (κ2) is 5.07. The number of aryl methyl sites for hydroxylation is 1. The van der Waals surface area contributed by atoms with E-state index < -0.39 is 16.1 Å². The van der Waals surface area contributed by atoms with Gasteiger partial charge in [0.15, 0.2) is 5.78 Å². The van der Waals surface area contributed by atoms with Crippen molar-refractivity contribution in [1.82, 2.24) is 4.31 Å². The molecule has 0 aliphatic heterocycles. The Morgan fingerprint density at radius 2 is 1.76 bits per heavy atom. The van der Waals surface area contributed by atoms with Gasteiger partial charge in [-0.25, -0.2) is 8.42 Å². The highest BCUT2D eigenvalue weighted by atomic mass is 32.2. The molecule has 1 fully saturated rings. The third-order valence-electron chi connectivity index (χ3n) is 4.55. The summed E-state index contributed by atoms with van der Waals surface area (Å²) >= 11 is 0. The van der Waals surface area contributed by atoms with Crippen molar-refractivity contribution in [2.24, 2.45) is 11.8 Å². The maximum Gasteiger partial charge on any atom is 0.243 e. The summed E-state index contributed by atoms with van der Waals surface area (Å²) in [6.45, 7) is 1.91. The number of ketones is 1. The number of sulfonamides is 1. The number of carbonyl (C=O) groups is 1. The zero-order valence-electron chi connectivity index (χ0n) is 12.2. The van der Waals surface area contributed by atoms with Crippen LogP contribution in [-0.2, 0) is 14.8 Å². The maximum absolute atomic E-state index is 12.7. The first-order chi connectivity index (χ1) is 9.91. The zero-order valence-corrected chi connectivity index (χ0v) is 13.0. The van der Waals surface area contributed by atoms with E-state index in [1.165, 1.54) is 11.4 Å². The van der Waals surface area contributed by atoms with Gasteiger partial charge in [-0.1, -0.05) is 29.8 Å². The van der Waals surface area contributed by atoms with Gasteiger partial charge in [-0.3, -0.25) is 4.79 Å². The molecule has 1 aromatic rings. The molecule has 4 rings (SSSR count). The summed E-state index contributed by atoms with van der Waals surface area (Å²) in [6, 6.07) is 6.19.